The number of hydrogen-bond donors (Lipinski definition) is 1. The zero-order valence-electron chi connectivity index (χ0n) is 13.4. The molecule has 0 spiro atoms. The van der Waals surface area contributed by atoms with Gasteiger partial charge in [-0.15, -0.1) is 11.3 Å². The van der Waals surface area contributed by atoms with Gasteiger partial charge in [0.1, 0.15) is 0 Å². The average molecular weight is 333 g/mol. The Morgan fingerprint density at radius 1 is 1.57 bits per heavy atom. The lowest BCUT2D eigenvalue weighted by atomic mass is 10.1. The molecule has 1 saturated heterocycles. The number of amides is 1. The largest absolute Gasteiger partial charge is 0.337 e. The highest BCUT2D eigenvalue weighted by Crippen LogP contribution is 2.18. The topological polar surface area (TPSA) is 63.1 Å². The molecule has 0 aromatic carbocycles. The molecular weight excluding hydrogens is 310 g/mol. The second kappa shape index (κ2) is 7.70. The number of nitrogens with one attached hydrogen (secondary N) is 1. The first-order valence-electron chi connectivity index (χ1n) is 8.07. The van der Waals surface area contributed by atoms with Crippen molar-refractivity contribution in [2.24, 2.45) is 5.92 Å². The van der Waals surface area contributed by atoms with Gasteiger partial charge in [0, 0.05) is 36.8 Å². The van der Waals surface area contributed by atoms with Crippen LogP contribution in [0.3, 0.4) is 0 Å². The maximum absolute atomic E-state index is 12.7. The number of carbonyl (C=O) groups is 1. The lowest BCUT2D eigenvalue weighted by Gasteiger charge is -2.25. The molecule has 0 unspecified atom stereocenters. The van der Waals surface area contributed by atoms with Gasteiger partial charge in [-0.2, -0.15) is 5.10 Å². The van der Waals surface area contributed by atoms with Crippen LogP contribution in [0.5, 0.6) is 0 Å². The SMILES string of the molecule is Cc1ncsc1CN(C[C@@H]1CCNC1)C(=O)CCn1cccn1. The number of nitrogens with zero attached hydrogens (tertiary/aromatic N) is 4. The summed E-state index contributed by atoms with van der Waals surface area (Å²) in [6.45, 7) is 6.19. The summed E-state index contributed by atoms with van der Waals surface area (Å²) < 4.78 is 1.81. The maximum atomic E-state index is 12.7. The molecule has 0 bridgehead atoms. The fourth-order valence-electron chi connectivity index (χ4n) is 2.89. The van der Waals surface area contributed by atoms with Gasteiger partial charge >= 0.3 is 0 Å². The summed E-state index contributed by atoms with van der Waals surface area (Å²) in [5.74, 6) is 0.747. The van der Waals surface area contributed by atoms with Crippen LogP contribution in [-0.2, 0) is 17.9 Å². The van der Waals surface area contributed by atoms with E-state index < -0.39 is 0 Å². The first kappa shape index (κ1) is 16.1. The van der Waals surface area contributed by atoms with E-state index in [2.05, 4.69) is 15.4 Å². The van der Waals surface area contributed by atoms with Gasteiger partial charge in [-0.1, -0.05) is 0 Å². The van der Waals surface area contributed by atoms with Gasteiger partial charge in [-0.05, 0) is 38.4 Å². The quantitative estimate of drug-likeness (QED) is 0.837. The van der Waals surface area contributed by atoms with E-state index in [-0.39, 0.29) is 5.91 Å². The molecule has 124 valence electrons. The number of hydrogen-bond acceptors (Lipinski definition) is 5. The van der Waals surface area contributed by atoms with Gasteiger partial charge in [0.25, 0.3) is 0 Å². The van der Waals surface area contributed by atoms with E-state index in [0.717, 1.165) is 31.7 Å². The van der Waals surface area contributed by atoms with E-state index in [4.69, 9.17) is 0 Å². The molecule has 0 saturated carbocycles. The molecular formula is C16H23N5OS. The average Bonchev–Trinajstić information content (AvgIpc) is 3.28. The molecule has 1 N–H and O–H groups in total. The summed E-state index contributed by atoms with van der Waals surface area (Å²) in [4.78, 5) is 20.2. The summed E-state index contributed by atoms with van der Waals surface area (Å²) >= 11 is 1.63. The molecule has 1 aliphatic heterocycles. The molecule has 23 heavy (non-hydrogen) atoms. The minimum Gasteiger partial charge on any atom is -0.337 e. The molecule has 1 fully saturated rings. The molecule has 3 heterocycles. The Morgan fingerprint density at radius 3 is 3.13 bits per heavy atom. The predicted molar refractivity (Wildman–Crippen MR) is 90.1 cm³/mol. The van der Waals surface area contributed by atoms with Crippen molar-refractivity contribution in [2.75, 3.05) is 19.6 Å². The standard InChI is InChI=1S/C16H23N5OS/c1-13-15(23-12-18-13)11-20(10-14-3-6-17-9-14)16(22)4-8-21-7-2-5-19-21/h2,5,7,12,14,17H,3-4,6,8-11H2,1H3/t14-/m1/s1. The van der Waals surface area contributed by atoms with Gasteiger partial charge in [0.2, 0.25) is 5.91 Å². The number of rotatable bonds is 7. The molecule has 2 aromatic rings. The summed E-state index contributed by atoms with van der Waals surface area (Å²) in [7, 11) is 0. The van der Waals surface area contributed by atoms with Crippen LogP contribution in [0.4, 0.5) is 0 Å². The smallest absolute Gasteiger partial charge is 0.224 e. The third kappa shape index (κ3) is 4.39. The summed E-state index contributed by atoms with van der Waals surface area (Å²) in [5.41, 5.74) is 2.89. The molecule has 1 amide bonds. The molecule has 7 heteroatoms. The Balaban J connectivity index is 1.63. The lowest BCUT2D eigenvalue weighted by molar-refractivity contribution is -0.132. The van der Waals surface area contributed by atoms with Crippen molar-refractivity contribution in [1.82, 2.24) is 25.0 Å². The zero-order valence-corrected chi connectivity index (χ0v) is 14.3. The minimum absolute atomic E-state index is 0.195. The molecule has 0 radical (unpaired) electrons. The van der Waals surface area contributed by atoms with Crippen LogP contribution in [-0.4, -0.2) is 45.2 Å². The van der Waals surface area contributed by atoms with Gasteiger partial charge in [-0.25, -0.2) is 4.98 Å². The van der Waals surface area contributed by atoms with Crippen LogP contribution in [0.15, 0.2) is 24.0 Å². The van der Waals surface area contributed by atoms with Crippen molar-refractivity contribution in [3.63, 3.8) is 0 Å². The van der Waals surface area contributed by atoms with Crippen molar-refractivity contribution in [1.29, 1.82) is 0 Å². The van der Waals surface area contributed by atoms with Crippen LogP contribution in [0, 0.1) is 12.8 Å². The molecule has 0 aliphatic carbocycles. The fourth-order valence-corrected chi connectivity index (χ4v) is 3.68. The third-order valence-corrected chi connectivity index (χ3v) is 5.21. The first-order valence-corrected chi connectivity index (χ1v) is 8.95. The van der Waals surface area contributed by atoms with Gasteiger partial charge in [-0.3, -0.25) is 9.48 Å². The highest BCUT2D eigenvalue weighted by Gasteiger charge is 2.22. The molecule has 6 nitrogen and oxygen atoms in total. The lowest BCUT2D eigenvalue weighted by Crippen LogP contribution is -2.36. The summed E-state index contributed by atoms with van der Waals surface area (Å²) in [5, 5.41) is 7.55. The van der Waals surface area contributed by atoms with Crippen molar-refractivity contribution in [3.05, 3.63) is 34.5 Å². The van der Waals surface area contributed by atoms with Gasteiger partial charge in [0.15, 0.2) is 0 Å². The van der Waals surface area contributed by atoms with Crippen LogP contribution < -0.4 is 5.32 Å². The first-order chi connectivity index (χ1) is 11.2. The summed E-state index contributed by atoms with van der Waals surface area (Å²) in [6.07, 6.45) is 5.27. The Labute approximate surface area is 140 Å². The molecule has 3 rings (SSSR count). The number of aryl methyl sites for hydroxylation is 2. The molecule has 1 aliphatic rings. The highest BCUT2D eigenvalue weighted by atomic mass is 32.1. The van der Waals surface area contributed by atoms with Gasteiger partial charge in [0.05, 0.1) is 17.7 Å². The van der Waals surface area contributed by atoms with Crippen molar-refractivity contribution < 1.29 is 4.79 Å². The predicted octanol–water partition coefficient (Wildman–Crippen LogP) is 1.68. The van der Waals surface area contributed by atoms with E-state index in [0.29, 0.717) is 25.4 Å². The second-order valence-electron chi connectivity index (χ2n) is 6.01. The Bertz CT molecular complexity index is 618. The fraction of sp³-hybridized carbons (Fsp3) is 0.562. The second-order valence-corrected chi connectivity index (χ2v) is 6.95. The zero-order chi connectivity index (χ0) is 16.1. The van der Waals surface area contributed by atoms with Crippen molar-refractivity contribution >= 4 is 17.2 Å². The van der Waals surface area contributed by atoms with Crippen LogP contribution >= 0.6 is 11.3 Å². The third-order valence-electron chi connectivity index (χ3n) is 4.29. The van der Waals surface area contributed by atoms with Crippen LogP contribution in [0.25, 0.3) is 0 Å². The molecule has 2 aromatic heterocycles. The van der Waals surface area contributed by atoms with E-state index >= 15 is 0 Å². The van der Waals surface area contributed by atoms with Crippen LogP contribution in [0.2, 0.25) is 0 Å². The van der Waals surface area contributed by atoms with E-state index in [1.165, 1.54) is 4.88 Å². The van der Waals surface area contributed by atoms with Gasteiger partial charge < -0.3 is 10.2 Å². The Hall–Kier alpha value is -1.73. The molecule has 1 atom stereocenters. The highest BCUT2D eigenvalue weighted by molar-refractivity contribution is 7.09. The van der Waals surface area contributed by atoms with Crippen LogP contribution in [0.1, 0.15) is 23.4 Å². The summed E-state index contributed by atoms with van der Waals surface area (Å²) in [6, 6.07) is 1.88. The van der Waals surface area contributed by atoms with E-state index in [1.807, 2.05) is 34.3 Å². The normalized spacial score (nSPS) is 17.5. The Morgan fingerprint density at radius 2 is 2.48 bits per heavy atom. The number of thiazole rings is 1. The maximum Gasteiger partial charge on any atom is 0.224 e. The minimum atomic E-state index is 0.195. The van der Waals surface area contributed by atoms with E-state index in [1.54, 1.807) is 17.5 Å². The Kier molecular flexibility index (Phi) is 5.40. The van der Waals surface area contributed by atoms with Crippen molar-refractivity contribution in [3.8, 4) is 0 Å². The number of carbonyl (C=O) groups excluding carboxylic acids is 1. The van der Waals surface area contributed by atoms with Crippen molar-refractivity contribution in [2.45, 2.75) is 32.9 Å². The van der Waals surface area contributed by atoms with E-state index in [9.17, 15) is 4.79 Å². The number of aromatic nitrogens is 3. The monoisotopic (exact) mass is 333 g/mol.